The summed E-state index contributed by atoms with van der Waals surface area (Å²) in [5.41, 5.74) is 27.0. The van der Waals surface area contributed by atoms with Gasteiger partial charge in [0, 0.05) is 45.1 Å². The molecule has 0 N–H and O–H groups in total. The summed E-state index contributed by atoms with van der Waals surface area (Å²) in [5, 5.41) is 0. The van der Waals surface area contributed by atoms with Gasteiger partial charge in [0.15, 0.2) is 0 Å². The van der Waals surface area contributed by atoms with Gasteiger partial charge in [-0.3, -0.25) is 0 Å². The van der Waals surface area contributed by atoms with Crippen molar-refractivity contribution in [3.63, 3.8) is 0 Å². The second kappa shape index (κ2) is 17.7. The third-order valence-electron chi connectivity index (χ3n) is 17.0. The van der Waals surface area contributed by atoms with Crippen molar-refractivity contribution in [1.29, 1.82) is 0 Å². The van der Waals surface area contributed by atoms with Gasteiger partial charge in [-0.1, -0.05) is 224 Å². The summed E-state index contributed by atoms with van der Waals surface area (Å²) in [7, 11) is 0. The number of anilines is 9. The van der Waals surface area contributed by atoms with Gasteiger partial charge < -0.3 is 14.7 Å². The van der Waals surface area contributed by atoms with Crippen molar-refractivity contribution < 1.29 is 0 Å². The molecule has 0 spiro atoms. The van der Waals surface area contributed by atoms with E-state index in [9.17, 15) is 0 Å². The summed E-state index contributed by atoms with van der Waals surface area (Å²) in [6.07, 6.45) is 0. The van der Waals surface area contributed by atoms with Crippen molar-refractivity contribution in [3.05, 3.63) is 228 Å². The second-order valence-electron chi connectivity index (χ2n) is 26.8. The van der Waals surface area contributed by atoms with Gasteiger partial charge in [-0.2, -0.15) is 0 Å². The van der Waals surface area contributed by atoms with Gasteiger partial charge in [-0.15, -0.1) is 0 Å². The van der Waals surface area contributed by atoms with E-state index in [1.54, 1.807) is 0 Å². The van der Waals surface area contributed by atoms with Gasteiger partial charge in [0.2, 0.25) is 0 Å². The van der Waals surface area contributed by atoms with E-state index in [1.807, 2.05) is 0 Å². The lowest BCUT2D eigenvalue weighted by Gasteiger charge is -2.50. The maximum atomic E-state index is 2.67. The predicted molar refractivity (Wildman–Crippen MR) is 333 cm³/mol. The minimum Gasteiger partial charge on any atom is -0.311 e. The maximum absolute atomic E-state index is 2.67. The van der Waals surface area contributed by atoms with Gasteiger partial charge in [0.25, 0.3) is 6.71 Å². The summed E-state index contributed by atoms with van der Waals surface area (Å²) >= 11 is 0. The molecule has 0 fully saturated rings. The zero-order valence-corrected chi connectivity index (χ0v) is 47.9. The van der Waals surface area contributed by atoms with Crippen molar-refractivity contribution >= 4 is 74.3 Å². The molecule has 0 saturated heterocycles. The lowest BCUT2D eigenvalue weighted by molar-refractivity contribution is 0.590. The molecule has 0 radical (unpaired) electrons. The van der Waals surface area contributed by atoms with Crippen LogP contribution in [0.3, 0.4) is 0 Å². The van der Waals surface area contributed by atoms with E-state index in [0.717, 1.165) is 22.7 Å². The second-order valence-corrected chi connectivity index (χ2v) is 26.8. The van der Waals surface area contributed by atoms with Crippen molar-refractivity contribution in [2.75, 3.05) is 14.7 Å². The average Bonchev–Trinajstić information content (AvgIpc) is 3.31. The number of fused-ring (bicyclic) bond motifs is 6. The normalized spacial score (nSPS) is 14.4. The van der Waals surface area contributed by atoms with Crippen LogP contribution in [0.5, 0.6) is 0 Å². The molecule has 12 rings (SSSR count). The third kappa shape index (κ3) is 8.42. The third-order valence-corrected chi connectivity index (χ3v) is 17.0. The molecule has 3 heterocycles. The van der Waals surface area contributed by atoms with Crippen LogP contribution in [0.25, 0.3) is 22.3 Å². The fourth-order valence-corrected chi connectivity index (χ4v) is 12.6. The number of hydrogen-bond donors (Lipinski definition) is 0. The Balaban J connectivity index is 1.25. The molecular formula is C73H74BN3. The fourth-order valence-electron chi connectivity index (χ4n) is 12.6. The zero-order chi connectivity index (χ0) is 54.1. The van der Waals surface area contributed by atoms with Crippen LogP contribution in [0.2, 0.25) is 0 Å². The first-order valence-corrected chi connectivity index (χ1v) is 28.0. The highest BCUT2D eigenvalue weighted by Crippen LogP contribution is 2.57. The largest absolute Gasteiger partial charge is 0.311 e. The average molecular weight is 1000 g/mol. The van der Waals surface area contributed by atoms with Gasteiger partial charge >= 0.3 is 0 Å². The Hall–Kier alpha value is -7.56. The van der Waals surface area contributed by atoms with Gasteiger partial charge in [0.05, 0.1) is 17.1 Å². The van der Waals surface area contributed by atoms with E-state index in [0.29, 0.717) is 0 Å². The first-order valence-electron chi connectivity index (χ1n) is 28.0. The molecule has 77 heavy (non-hydrogen) atoms. The van der Waals surface area contributed by atoms with E-state index in [1.165, 1.54) is 100 Å². The Labute approximate surface area is 460 Å². The van der Waals surface area contributed by atoms with Crippen LogP contribution in [-0.4, -0.2) is 6.71 Å². The van der Waals surface area contributed by atoms with Gasteiger partial charge in [-0.05, 0) is 155 Å². The quantitative estimate of drug-likeness (QED) is 0.154. The van der Waals surface area contributed by atoms with E-state index >= 15 is 0 Å². The minimum absolute atomic E-state index is 0.00335. The Morgan fingerprint density at radius 1 is 0.351 bits per heavy atom. The van der Waals surface area contributed by atoms with E-state index in [4.69, 9.17) is 0 Å². The van der Waals surface area contributed by atoms with Crippen molar-refractivity contribution in [2.45, 2.75) is 124 Å². The Bertz CT molecular complexity index is 3690. The maximum Gasteiger partial charge on any atom is 0.252 e. The van der Waals surface area contributed by atoms with Crippen molar-refractivity contribution in [2.24, 2.45) is 0 Å². The summed E-state index contributed by atoms with van der Waals surface area (Å²) < 4.78 is 0. The summed E-state index contributed by atoms with van der Waals surface area (Å²) in [5.74, 6) is 0. The minimum atomic E-state index is -0.300. The standard InChI is InChI=1S/C73H74BN3/c1-69(2,3)50-29-35-54(36-30-50)75(55-37-31-51(32-38-55)70(4,5)6)56-45-65-67-66(46-56)77-63-28-22-21-27-58(63)73(13,14)59-41-49(47-23-17-15-18-24-47)42-61(68(59)77)74(67)60-44-53(72(10,11)12)34-40-64(60)76(65)62-39-33-52(71(7,8)9)43-57(62)48-25-19-16-20-26-48/h15-46H,1-14H3. The predicted octanol–water partition coefficient (Wildman–Crippen LogP) is 18.4. The first-order chi connectivity index (χ1) is 36.5. The van der Waals surface area contributed by atoms with E-state index < -0.39 is 0 Å². The smallest absolute Gasteiger partial charge is 0.252 e. The molecule has 0 unspecified atom stereocenters. The summed E-state index contributed by atoms with van der Waals surface area (Å²) in [6, 6.07) is 74.8. The number of benzene rings is 9. The van der Waals surface area contributed by atoms with Crippen LogP contribution in [-0.2, 0) is 27.1 Å². The summed E-state index contributed by atoms with van der Waals surface area (Å²) in [6.45, 7) is 32.7. The van der Waals surface area contributed by atoms with Crippen molar-refractivity contribution in [1.82, 2.24) is 0 Å². The van der Waals surface area contributed by atoms with Crippen LogP contribution in [0.1, 0.15) is 130 Å². The van der Waals surface area contributed by atoms with Crippen LogP contribution in [0, 0.1) is 0 Å². The summed E-state index contributed by atoms with van der Waals surface area (Å²) in [4.78, 5) is 7.82. The van der Waals surface area contributed by atoms with Gasteiger partial charge in [-0.25, -0.2) is 0 Å². The first kappa shape index (κ1) is 50.3. The molecule has 9 aromatic carbocycles. The lowest BCUT2D eigenvalue weighted by atomic mass is 9.32. The van der Waals surface area contributed by atoms with Gasteiger partial charge in [0.1, 0.15) is 0 Å². The van der Waals surface area contributed by atoms with Crippen LogP contribution < -0.4 is 31.1 Å². The Morgan fingerprint density at radius 2 is 0.831 bits per heavy atom. The number of hydrogen-bond acceptors (Lipinski definition) is 3. The highest BCUT2D eigenvalue weighted by atomic mass is 15.2. The number of rotatable bonds is 6. The molecule has 3 aliphatic heterocycles. The SMILES string of the molecule is CC(C)(C)c1ccc(N(c2ccc(C(C)(C)C)cc2)c2cc3c4c(c2)N2c5ccccc5C(C)(C)c5cc(-c6ccccc6)cc(c52)B4c2cc(C(C)(C)C)ccc2N3c2ccc(C(C)(C)C)cc2-c2ccccc2)cc1. The Kier molecular flexibility index (Phi) is 11.6. The topological polar surface area (TPSA) is 9.72 Å². The molecular weight excluding hydrogens is 930 g/mol. The molecule has 3 nitrogen and oxygen atoms in total. The molecule has 0 saturated carbocycles. The fraction of sp³-hybridized carbons (Fsp3) is 0.260. The molecule has 384 valence electrons. The molecule has 0 amide bonds. The monoisotopic (exact) mass is 1000 g/mol. The van der Waals surface area contributed by atoms with Crippen LogP contribution >= 0.6 is 0 Å². The molecule has 0 aliphatic carbocycles. The molecule has 0 aromatic heterocycles. The zero-order valence-electron chi connectivity index (χ0n) is 47.9. The number of nitrogens with zero attached hydrogens (tertiary/aromatic N) is 3. The molecule has 4 heteroatoms. The van der Waals surface area contributed by atoms with Crippen molar-refractivity contribution in [3.8, 4) is 22.3 Å². The molecule has 9 aromatic rings. The highest BCUT2D eigenvalue weighted by Gasteiger charge is 2.49. The lowest BCUT2D eigenvalue weighted by Crippen LogP contribution is -2.62. The van der Waals surface area contributed by atoms with E-state index in [2.05, 4.69) is 306 Å². The van der Waals surface area contributed by atoms with Crippen LogP contribution in [0.15, 0.2) is 194 Å². The molecule has 3 aliphatic rings. The Morgan fingerprint density at radius 3 is 1.39 bits per heavy atom. The molecule has 0 bridgehead atoms. The van der Waals surface area contributed by atoms with Crippen LogP contribution in [0.4, 0.5) is 51.2 Å². The highest BCUT2D eigenvalue weighted by molar-refractivity contribution is 7.00. The number of para-hydroxylation sites is 1. The van der Waals surface area contributed by atoms with E-state index in [-0.39, 0.29) is 33.8 Å². The molecule has 0 atom stereocenters.